The van der Waals surface area contributed by atoms with Crippen molar-refractivity contribution in [2.45, 2.75) is 45.2 Å². The maximum absolute atomic E-state index is 12.9. The van der Waals surface area contributed by atoms with Gasteiger partial charge in [-0.25, -0.2) is 9.97 Å². The molecule has 1 aliphatic carbocycles. The Morgan fingerprint density at radius 1 is 1.12 bits per heavy atom. The third kappa shape index (κ3) is 3.13. The Bertz CT molecular complexity index is 747. The maximum atomic E-state index is 12.9. The Morgan fingerprint density at radius 3 is 2.50 bits per heavy atom. The molecule has 1 aromatic rings. The number of piperazine rings is 1. The van der Waals surface area contributed by atoms with Gasteiger partial charge in [-0.3, -0.25) is 9.59 Å². The minimum atomic E-state index is -0.262. The highest BCUT2D eigenvalue weighted by Gasteiger charge is 2.37. The fraction of sp³-hybridized carbons (Fsp3) is 0.667. The molecule has 0 radical (unpaired) electrons. The lowest BCUT2D eigenvalue weighted by Gasteiger charge is -2.34. The molecule has 1 saturated carbocycles. The molecule has 3 fully saturated rings. The van der Waals surface area contributed by atoms with Crippen LogP contribution in [0.2, 0.25) is 0 Å². The van der Waals surface area contributed by atoms with E-state index in [1.807, 2.05) is 18.7 Å². The molecule has 2 saturated heterocycles. The highest BCUT2D eigenvalue weighted by atomic mass is 16.2. The maximum Gasteiger partial charge on any atom is 0.292 e. The number of amides is 2. The Balaban J connectivity index is 1.54. The Morgan fingerprint density at radius 2 is 1.88 bits per heavy atom. The third-order valence-electron chi connectivity index (χ3n) is 5.61. The van der Waals surface area contributed by atoms with Crippen LogP contribution < -0.4 is 10.6 Å². The van der Waals surface area contributed by atoms with Gasteiger partial charge in [0, 0.05) is 49.5 Å². The molecule has 0 spiro atoms. The molecule has 4 rings (SSSR count). The number of aryl methyl sites for hydroxylation is 1. The quantitative estimate of drug-likeness (QED) is 0.822. The molecular formula is C18H26N6O2. The van der Waals surface area contributed by atoms with Gasteiger partial charge in [-0.1, -0.05) is 0 Å². The lowest BCUT2D eigenvalue weighted by Crippen LogP contribution is -2.53. The lowest BCUT2D eigenvalue weighted by molar-refractivity contribution is -0.135. The summed E-state index contributed by atoms with van der Waals surface area (Å²) in [6, 6.07) is 0.528. The van der Waals surface area contributed by atoms with E-state index in [4.69, 9.17) is 5.73 Å². The van der Waals surface area contributed by atoms with Gasteiger partial charge in [0.25, 0.3) is 5.91 Å². The van der Waals surface area contributed by atoms with Crippen LogP contribution in [0, 0.1) is 13.8 Å². The Kier molecular flexibility index (Phi) is 4.30. The van der Waals surface area contributed by atoms with Crippen LogP contribution in [-0.2, 0) is 4.79 Å². The van der Waals surface area contributed by atoms with Gasteiger partial charge in [-0.05, 0) is 33.1 Å². The van der Waals surface area contributed by atoms with E-state index >= 15 is 0 Å². The highest BCUT2D eigenvalue weighted by Crippen LogP contribution is 2.28. The van der Waals surface area contributed by atoms with Crippen molar-refractivity contribution in [3.8, 4) is 0 Å². The molecule has 0 unspecified atom stereocenters. The molecule has 2 amide bonds. The molecule has 1 atom stereocenters. The third-order valence-corrected chi connectivity index (χ3v) is 5.61. The number of rotatable bonds is 3. The van der Waals surface area contributed by atoms with Crippen LogP contribution >= 0.6 is 0 Å². The van der Waals surface area contributed by atoms with E-state index in [2.05, 4.69) is 14.9 Å². The predicted octanol–water partition coefficient (Wildman–Crippen LogP) is 0.0776. The van der Waals surface area contributed by atoms with Gasteiger partial charge in [0.2, 0.25) is 11.7 Å². The average Bonchev–Trinajstić information content (AvgIpc) is 3.37. The zero-order valence-electron chi connectivity index (χ0n) is 15.4. The van der Waals surface area contributed by atoms with Gasteiger partial charge < -0.3 is 20.4 Å². The van der Waals surface area contributed by atoms with E-state index in [0.29, 0.717) is 19.1 Å². The monoisotopic (exact) mass is 358 g/mol. The summed E-state index contributed by atoms with van der Waals surface area (Å²) in [4.78, 5) is 39.8. The van der Waals surface area contributed by atoms with Crippen molar-refractivity contribution in [3.05, 3.63) is 17.1 Å². The molecule has 140 valence electrons. The summed E-state index contributed by atoms with van der Waals surface area (Å²) in [5.41, 5.74) is 7.79. The molecule has 2 N–H and O–H groups in total. The second kappa shape index (κ2) is 6.50. The number of aromatic nitrogens is 2. The minimum Gasteiger partial charge on any atom is -0.355 e. The fourth-order valence-electron chi connectivity index (χ4n) is 3.77. The average molecular weight is 358 g/mol. The van der Waals surface area contributed by atoms with Crippen LogP contribution in [0.1, 0.15) is 41.1 Å². The van der Waals surface area contributed by atoms with E-state index in [-0.39, 0.29) is 30.2 Å². The van der Waals surface area contributed by atoms with Crippen LogP contribution in [0.25, 0.3) is 0 Å². The van der Waals surface area contributed by atoms with Crippen LogP contribution in [0.4, 0.5) is 5.82 Å². The number of nitrogens with zero attached hydrogens (tertiary/aromatic N) is 5. The summed E-state index contributed by atoms with van der Waals surface area (Å²) in [7, 11) is 0. The number of hydrogen-bond acceptors (Lipinski definition) is 6. The first kappa shape index (κ1) is 17.2. The first-order valence-electron chi connectivity index (χ1n) is 9.38. The van der Waals surface area contributed by atoms with Crippen molar-refractivity contribution in [2.75, 3.05) is 37.6 Å². The Labute approximate surface area is 153 Å². The summed E-state index contributed by atoms with van der Waals surface area (Å²) in [5, 5.41) is 0. The normalized spacial score (nSPS) is 23.7. The fourth-order valence-corrected chi connectivity index (χ4v) is 3.77. The van der Waals surface area contributed by atoms with E-state index in [1.165, 1.54) is 0 Å². The smallest absolute Gasteiger partial charge is 0.292 e. The van der Waals surface area contributed by atoms with Gasteiger partial charge in [0.15, 0.2) is 0 Å². The minimum absolute atomic E-state index is 0.0293. The van der Waals surface area contributed by atoms with Crippen molar-refractivity contribution in [3.63, 3.8) is 0 Å². The van der Waals surface area contributed by atoms with Crippen molar-refractivity contribution in [1.29, 1.82) is 0 Å². The lowest BCUT2D eigenvalue weighted by atomic mass is 10.2. The molecular weight excluding hydrogens is 332 g/mol. The van der Waals surface area contributed by atoms with Crippen molar-refractivity contribution in [1.82, 2.24) is 19.8 Å². The van der Waals surface area contributed by atoms with Crippen molar-refractivity contribution >= 4 is 17.6 Å². The standard InChI is InChI=1S/C18H26N6O2/c1-11-12(2)20-16(21-17(11)22-6-5-13(19)9-22)18(26)23-7-8-24(14-3-4-14)15(25)10-23/h13-14H,3-10,19H2,1-2H3/t13-/m1/s1. The van der Waals surface area contributed by atoms with E-state index in [9.17, 15) is 9.59 Å². The van der Waals surface area contributed by atoms with Crippen LogP contribution in [0.15, 0.2) is 0 Å². The predicted molar refractivity (Wildman–Crippen MR) is 96.9 cm³/mol. The molecule has 0 aromatic carbocycles. The summed E-state index contributed by atoms with van der Waals surface area (Å²) in [6.07, 6.45) is 3.09. The first-order valence-corrected chi connectivity index (χ1v) is 9.38. The molecule has 3 heterocycles. The number of anilines is 1. The van der Waals surface area contributed by atoms with Crippen LogP contribution in [0.3, 0.4) is 0 Å². The molecule has 2 aliphatic heterocycles. The topological polar surface area (TPSA) is 95.7 Å². The van der Waals surface area contributed by atoms with Crippen molar-refractivity contribution < 1.29 is 9.59 Å². The summed E-state index contributed by atoms with van der Waals surface area (Å²) in [5.74, 6) is 0.733. The van der Waals surface area contributed by atoms with Crippen molar-refractivity contribution in [2.24, 2.45) is 5.73 Å². The van der Waals surface area contributed by atoms with Gasteiger partial charge in [0.1, 0.15) is 12.4 Å². The zero-order chi connectivity index (χ0) is 18.4. The van der Waals surface area contributed by atoms with Gasteiger partial charge in [-0.15, -0.1) is 0 Å². The molecule has 8 heteroatoms. The molecule has 3 aliphatic rings. The number of carbonyl (C=O) groups excluding carboxylic acids is 2. The number of hydrogen-bond donors (Lipinski definition) is 1. The van der Waals surface area contributed by atoms with E-state index < -0.39 is 0 Å². The number of nitrogens with two attached hydrogens (primary N) is 1. The van der Waals surface area contributed by atoms with Crippen LogP contribution in [0.5, 0.6) is 0 Å². The molecule has 8 nitrogen and oxygen atoms in total. The highest BCUT2D eigenvalue weighted by molar-refractivity contribution is 5.94. The summed E-state index contributed by atoms with van der Waals surface area (Å²) < 4.78 is 0. The van der Waals surface area contributed by atoms with Gasteiger partial charge in [0.05, 0.1) is 0 Å². The summed E-state index contributed by atoms with van der Waals surface area (Å²) >= 11 is 0. The molecule has 1 aromatic heterocycles. The van der Waals surface area contributed by atoms with Crippen LogP contribution in [-0.4, -0.2) is 76.4 Å². The van der Waals surface area contributed by atoms with E-state index in [1.54, 1.807) is 4.90 Å². The summed E-state index contributed by atoms with van der Waals surface area (Å²) in [6.45, 7) is 6.71. The Hall–Kier alpha value is -2.22. The SMILES string of the molecule is Cc1nc(C(=O)N2CCN(C3CC3)C(=O)C2)nc(N2CC[C@@H](N)C2)c1C. The van der Waals surface area contributed by atoms with Gasteiger partial charge >= 0.3 is 0 Å². The van der Waals surface area contributed by atoms with E-state index in [0.717, 1.165) is 49.4 Å². The molecule has 26 heavy (non-hydrogen) atoms. The van der Waals surface area contributed by atoms with Gasteiger partial charge in [-0.2, -0.15) is 0 Å². The molecule has 0 bridgehead atoms. The second-order valence-corrected chi connectivity index (χ2v) is 7.62. The number of carbonyl (C=O) groups is 2. The largest absolute Gasteiger partial charge is 0.355 e. The first-order chi connectivity index (χ1) is 12.4. The second-order valence-electron chi connectivity index (χ2n) is 7.62. The zero-order valence-corrected chi connectivity index (χ0v) is 15.4.